The van der Waals surface area contributed by atoms with Gasteiger partial charge in [0.2, 0.25) is 0 Å². The van der Waals surface area contributed by atoms with Crippen LogP contribution in [0.1, 0.15) is 44.7 Å². The molecule has 0 radical (unpaired) electrons. The van der Waals surface area contributed by atoms with Crippen molar-refractivity contribution in [2.45, 2.75) is 51.0 Å². The topological polar surface area (TPSA) is 47.6 Å². The van der Waals surface area contributed by atoms with E-state index in [9.17, 15) is 4.79 Å². The predicted molar refractivity (Wildman–Crippen MR) is 85.3 cm³/mol. The molecule has 2 heterocycles. The number of benzene rings is 1. The molecule has 0 atom stereocenters. The molecule has 0 unspecified atom stereocenters. The molecule has 1 aromatic rings. The maximum absolute atomic E-state index is 12.0. The van der Waals surface area contributed by atoms with Gasteiger partial charge in [-0.05, 0) is 58.3 Å². The number of fused-ring (bicyclic) bond motifs is 2. The first-order chi connectivity index (χ1) is 10.4. The van der Waals surface area contributed by atoms with E-state index >= 15 is 0 Å². The molecule has 2 aliphatic rings. The smallest absolute Gasteiger partial charge is 0.310 e. The van der Waals surface area contributed by atoms with Gasteiger partial charge in [-0.3, -0.25) is 4.79 Å². The Bertz CT molecular complexity index is 563. The van der Waals surface area contributed by atoms with Gasteiger partial charge < -0.3 is 14.8 Å². The molecule has 4 heteroatoms. The maximum Gasteiger partial charge on any atom is 0.310 e. The molecular weight excluding hydrogens is 278 g/mol. The predicted octanol–water partition coefficient (Wildman–Crippen LogP) is 2.58. The van der Waals surface area contributed by atoms with E-state index in [1.807, 2.05) is 32.9 Å². The Morgan fingerprint density at radius 2 is 2.05 bits per heavy atom. The summed E-state index contributed by atoms with van der Waals surface area (Å²) >= 11 is 0. The van der Waals surface area contributed by atoms with Crippen molar-refractivity contribution in [3.63, 3.8) is 0 Å². The van der Waals surface area contributed by atoms with Crippen LogP contribution in [-0.4, -0.2) is 31.3 Å². The molecular formula is C18H25NO3. The van der Waals surface area contributed by atoms with E-state index in [0.717, 1.165) is 43.9 Å². The average molecular weight is 303 g/mol. The molecule has 1 spiro atoms. The minimum atomic E-state index is -0.437. The highest BCUT2D eigenvalue weighted by Gasteiger charge is 2.41. The third-order valence-electron chi connectivity index (χ3n) is 4.45. The Labute approximate surface area is 132 Å². The lowest BCUT2D eigenvalue weighted by atomic mass is 9.74. The zero-order chi connectivity index (χ0) is 15.8. The Hall–Kier alpha value is -1.55. The van der Waals surface area contributed by atoms with Crippen molar-refractivity contribution in [2.24, 2.45) is 0 Å². The van der Waals surface area contributed by atoms with Gasteiger partial charge in [0.15, 0.2) is 0 Å². The fraction of sp³-hybridized carbons (Fsp3) is 0.611. The summed E-state index contributed by atoms with van der Waals surface area (Å²) in [6.07, 6.45) is 2.50. The standard InChI is InChI=1S/C18H25NO3/c1-17(2,3)22-16(20)11-13-4-5-15-14(10-13)18(12-21-15)6-8-19-9-7-18/h4-5,10,19H,6-9,11-12H2,1-3H3. The quantitative estimate of drug-likeness (QED) is 0.853. The van der Waals surface area contributed by atoms with E-state index in [4.69, 9.17) is 9.47 Å². The Morgan fingerprint density at radius 1 is 1.32 bits per heavy atom. The summed E-state index contributed by atoms with van der Waals surface area (Å²) < 4.78 is 11.3. The molecule has 3 rings (SSSR count). The second kappa shape index (κ2) is 5.58. The van der Waals surface area contributed by atoms with Gasteiger partial charge in [-0.1, -0.05) is 12.1 Å². The Balaban J connectivity index is 1.79. The van der Waals surface area contributed by atoms with Gasteiger partial charge in [0, 0.05) is 11.0 Å². The lowest BCUT2D eigenvalue weighted by Gasteiger charge is -2.32. The summed E-state index contributed by atoms with van der Waals surface area (Å²) in [5, 5.41) is 3.41. The number of piperidine rings is 1. The van der Waals surface area contributed by atoms with Gasteiger partial charge in [0.25, 0.3) is 0 Å². The van der Waals surface area contributed by atoms with Crippen LogP contribution < -0.4 is 10.1 Å². The summed E-state index contributed by atoms with van der Waals surface area (Å²) in [4.78, 5) is 12.0. The maximum atomic E-state index is 12.0. The largest absolute Gasteiger partial charge is 0.492 e. The molecule has 1 fully saturated rings. The fourth-order valence-electron chi connectivity index (χ4n) is 3.38. The van der Waals surface area contributed by atoms with Crippen molar-refractivity contribution in [1.29, 1.82) is 0 Å². The highest BCUT2D eigenvalue weighted by molar-refractivity contribution is 5.73. The lowest BCUT2D eigenvalue weighted by Crippen LogP contribution is -2.41. The second-order valence-corrected chi connectivity index (χ2v) is 7.41. The van der Waals surface area contributed by atoms with Crippen LogP contribution >= 0.6 is 0 Å². The number of ether oxygens (including phenoxy) is 2. The van der Waals surface area contributed by atoms with Gasteiger partial charge in [0.05, 0.1) is 13.0 Å². The third-order valence-corrected chi connectivity index (χ3v) is 4.45. The van der Waals surface area contributed by atoms with Crippen molar-refractivity contribution in [3.05, 3.63) is 29.3 Å². The minimum absolute atomic E-state index is 0.129. The van der Waals surface area contributed by atoms with Crippen LogP contribution in [0.4, 0.5) is 0 Å². The van der Waals surface area contributed by atoms with Crippen molar-refractivity contribution in [3.8, 4) is 5.75 Å². The molecule has 120 valence electrons. The minimum Gasteiger partial charge on any atom is -0.492 e. The molecule has 2 aliphatic heterocycles. The highest BCUT2D eigenvalue weighted by atomic mass is 16.6. The molecule has 1 aromatic carbocycles. The zero-order valence-corrected chi connectivity index (χ0v) is 13.7. The zero-order valence-electron chi connectivity index (χ0n) is 13.7. The average Bonchev–Trinajstić information content (AvgIpc) is 2.76. The van der Waals surface area contributed by atoms with Gasteiger partial charge in [-0.2, -0.15) is 0 Å². The van der Waals surface area contributed by atoms with Crippen LogP contribution in [0.3, 0.4) is 0 Å². The molecule has 0 aliphatic carbocycles. The number of carbonyl (C=O) groups excluding carboxylic acids is 1. The summed E-state index contributed by atoms with van der Waals surface area (Å²) in [5.41, 5.74) is 1.98. The molecule has 4 nitrogen and oxygen atoms in total. The molecule has 1 N–H and O–H groups in total. The Morgan fingerprint density at radius 3 is 2.73 bits per heavy atom. The van der Waals surface area contributed by atoms with Crippen LogP contribution in [0.25, 0.3) is 0 Å². The van der Waals surface area contributed by atoms with Crippen molar-refractivity contribution in [1.82, 2.24) is 5.32 Å². The number of hydrogen-bond acceptors (Lipinski definition) is 4. The summed E-state index contributed by atoms with van der Waals surface area (Å²) in [6.45, 7) is 8.50. The summed E-state index contributed by atoms with van der Waals surface area (Å²) in [5.74, 6) is 0.806. The molecule has 1 saturated heterocycles. The van der Waals surface area contributed by atoms with Gasteiger partial charge >= 0.3 is 5.97 Å². The van der Waals surface area contributed by atoms with Gasteiger partial charge in [-0.25, -0.2) is 0 Å². The van der Waals surface area contributed by atoms with E-state index in [1.165, 1.54) is 5.56 Å². The van der Waals surface area contributed by atoms with Crippen LogP contribution in [0.15, 0.2) is 18.2 Å². The monoisotopic (exact) mass is 303 g/mol. The van der Waals surface area contributed by atoms with E-state index in [0.29, 0.717) is 6.42 Å². The van der Waals surface area contributed by atoms with Crippen LogP contribution in [0, 0.1) is 0 Å². The normalized spacial score (nSPS) is 19.6. The van der Waals surface area contributed by atoms with Crippen LogP contribution in [-0.2, 0) is 21.4 Å². The lowest BCUT2D eigenvalue weighted by molar-refractivity contribution is -0.153. The van der Waals surface area contributed by atoms with Crippen molar-refractivity contribution >= 4 is 5.97 Å². The van der Waals surface area contributed by atoms with E-state index in [2.05, 4.69) is 11.4 Å². The van der Waals surface area contributed by atoms with E-state index < -0.39 is 5.60 Å². The molecule has 0 aromatic heterocycles. The Kier molecular flexibility index (Phi) is 3.89. The molecule has 0 bridgehead atoms. The first kappa shape index (κ1) is 15.3. The number of esters is 1. The van der Waals surface area contributed by atoms with E-state index in [-0.39, 0.29) is 11.4 Å². The van der Waals surface area contributed by atoms with E-state index in [1.54, 1.807) is 0 Å². The van der Waals surface area contributed by atoms with Crippen molar-refractivity contribution < 1.29 is 14.3 Å². The molecule has 0 amide bonds. The summed E-state index contributed by atoms with van der Waals surface area (Å²) in [6, 6.07) is 6.13. The fourth-order valence-corrected chi connectivity index (χ4v) is 3.38. The van der Waals surface area contributed by atoms with Crippen molar-refractivity contribution in [2.75, 3.05) is 19.7 Å². The SMILES string of the molecule is CC(C)(C)OC(=O)Cc1ccc2c(c1)C1(CCNCC1)CO2. The first-order valence-corrected chi connectivity index (χ1v) is 8.07. The number of hydrogen-bond donors (Lipinski definition) is 1. The first-order valence-electron chi connectivity index (χ1n) is 8.07. The number of carbonyl (C=O) groups is 1. The number of rotatable bonds is 2. The second-order valence-electron chi connectivity index (χ2n) is 7.41. The highest BCUT2D eigenvalue weighted by Crippen LogP contribution is 2.44. The molecule has 0 saturated carbocycles. The summed E-state index contributed by atoms with van der Waals surface area (Å²) in [7, 11) is 0. The van der Waals surface area contributed by atoms with Crippen LogP contribution in [0.2, 0.25) is 0 Å². The van der Waals surface area contributed by atoms with Crippen LogP contribution in [0.5, 0.6) is 5.75 Å². The van der Waals surface area contributed by atoms with Gasteiger partial charge in [0.1, 0.15) is 11.4 Å². The third kappa shape index (κ3) is 3.12. The van der Waals surface area contributed by atoms with Gasteiger partial charge in [-0.15, -0.1) is 0 Å². The number of nitrogens with one attached hydrogen (secondary N) is 1. The molecule has 22 heavy (non-hydrogen) atoms.